The summed E-state index contributed by atoms with van der Waals surface area (Å²) in [7, 11) is 7.89. The summed E-state index contributed by atoms with van der Waals surface area (Å²) in [6.45, 7) is 17.9. The summed E-state index contributed by atoms with van der Waals surface area (Å²) in [6, 6.07) is 45.1. The summed E-state index contributed by atoms with van der Waals surface area (Å²) < 4.78 is 118. The molecule has 448 valence electrons. The lowest BCUT2D eigenvalue weighted by molar-refractivity contribution is -0.662. The average molecular weight is 1180 g/mol. The molecule has 6 nitrogen and oxygen atoms in total. The number of hydrogen-bond donors (Lipinski definition) is 0. The third-order valence-corrected chi connectivity index (χ3v) is 16.9. The summed E-state index contributed by atoms with van der Waals surface area (Å²) >= 11 is 0. The van der Waals surface area contributed by atoms with Crippen LogP contribution in [0.3, 0.4) is 0 Å². The minimum absolute atomic E-state index is 0.114. The maximum Gasteiger partial charge on any atom is 0.287 e. The molecule has 0 aliphatic carbocycles. The van der Waals surface area contributed by atoms with E-state index in [1.165, 1.54) is 40.3 Å². The molecule has 7 heteroatoms. The summed E-state index contributed by atoms with van der Waals surface area (Å²) in [5.41, 5.74) is 21.5. The van der Waals surface area contributed by atoms with Gasteiger partial charge < -0.3 is 0 Å². The van der Waals surface area contributed by atoms with Crippen molar-refractivity contribution in [2.75, 3.05) is 0 Å². The van der Waals surface area contributed by atoms with Crippen molar-refractivity contribution in [3.8, 4) is 45.0 Å². The Labute approximate surface area is 540 Å². The van der Waals surface area contributed by atoms with Crippen molar-refractivity contribution in [1.29, 1.82) is 0 Å². The Morgan fingerprint density at radius 3 is 1.35 bits per heavy atom. The van der Waals surface area contributed by atoms with E-state index in [2.05, 4.69) is 78.8 Å². The molecule has 0 radical (unpaired) electrons. The summed E-state index contributed by atoms with van der Waals surface area (Å²) in [4.78, 5) is 8.95. The fourth-order valence-electron chi connectivity index (χ4n) is 11.9. The fraction of sp³-hybridized carbons (Fsp3) is 0.284. The van der Waals surface area contributed by atoms with E-state index in [4.69, 9.17) is 16.4 Å². The molecule has 12 aromatic rings. The lowest BCUT2D eigenvalue weighted by Gasteiger charge is -2.13. The molecule has 0 spiro atoms. The number of pyridine rings is 2. The van der Waals surface area contributed by atoms with Crippen molar-refractivity contribution in [2.24, 2.45) is 34.1 Å². The van der Waals surface area contributed by atoms with Crippen LogP contribution in [0.25, 0.3) is 88.4 Å². The van der Waals surface area contributed by atoms with Gasteiger partial charge in [-0.25, -0.2) is 22.7 Å². The highest BCUT2D eigenvalue weighted by molar-refractivity contribution is 5.96. The Kier molecular flexibility index (Phi) is 14.9. The second-order valence-electron chi connectivity index (χ2n) is 24.1. The van der Waals surface area contributed by atoms with Crippen LogP contribution in [-0.2, 0) is 34.6 Å². The van der Waals surface area contributed by atoms with E-state index in [9.17, 15) is 4.39 Å². The highest BCUT2D eigenvalue weighted by Crippen LogP contribution is 2.36. The second-order valence-corrected chi connectivity index (χ2v) is 24.1. The Morgan fingerprint density at radius 2 is 0.875 bits per heavy atom. The third-order valence-electron chi connectivity index (χ3n) is 16.9. The minimum Gasteiger partial charge on any atom is -0.232 e. The van der Waals surface area contributed by atoms with Gasteiger partial charge in [0.15, 0.2) is 23.4 Å². The first kappa shape index (κ1) is 49.2. The Morgan fingerprint density at radius 1 is 0.443 bits per heavy atom. The number of benzene rings is 8. The van der Waals surface area contributed by atoms with E-state index in [0.717, 1.165) is 94.0 Å². The SMILES string of the molecule is Cc1cc(-c2c3ccccc3nc[n+]2C)c(C)c(C)c1F.Cc1cc(C)c(C)c(-c2c3ccccc3nc[n+]2C)c1.[2H]C([2H])([2H])c1cc(C)cc(-c2c3ccc(C([2H])(C)C([2H])([2H])[2H])cc3cc[n+]2C)c1C.[2H]C([2H])([2H])c1cc(C)cc(-c2c3ccc(C([2H])([2H])C(C)C)cc3cc[n+]2C)c1C. The van der Waals surface area contributed by atoms with E-state index in [1.54, 1.807) is 24.3 Å². The first-order chi connectivity index (χ1) is 46.6. The Balaban J connectivity index is 0.000000158. The highest BCUT2D eigenvalue weighted by atomic mass is 19.1. The van der Waals surface area contributed by atoms with Gasteiger partial charge in [0.2, 0.25) is 11.4 Å². The third kappa shape index (κ3) is 13.4. The number of para-hydroxylation sites is 2. The van der Waals surface area contributed by atoms with E-state index in [0.29, 0.717) is 38.9 Å². The number of aryl methyl sites for hydroxylation is 11. The molecule has 0 fully saturated rings. The van der Waals surface area contributed by atoms with Crippen molar-refractivity contribution in [1.82, 2.24) is 9.97 Å². The molecule has 4 heterocycles. The monoisotopic (exact) mass is 1180 g/mol. The summed E-state index contributed by atoms with van der Waals surface area (Å²) in [5, 5.41) is 5.87. The van der Waals surface area contributed by atoms with Crippen LogP contribution in [0.15, 0.2) is 165 Å². The fourth-order valence-corrected chi connectivity index (χ4v) is 11.9. The van der Waals surface area contributed by atoms with Gasteiger partial charge in [0.25, 0.3) is 12.7 Å². The van der Waals surface area contributed by atoms with Gasteiger partial charge >= 0.3 is 0 Å². The topological polar surface area (TPSA) is 41.3 Å². The van der Waals surface area contributed by atoms with Crippen molar-refractivity contribution in [3.63, 3.8) is 0 Å². The lowest BCUT2D eigenvalue weighted by Crippen LogP contribution is -2.32. The van der Waals surface area contributed by atoms with Crippen LogP contribution in [0.4, 0.5) is 4.39 Å². The van der Waals surface area contributed by atoms with Gasteiger partial charge in [-0.2, -0.15) is 0 Å². The van der Waals surface area contributed by atoms with Crippen molar-refractivity contribution < 1.29 is 39.1 Å². The number of halogens is 1. The normalized spacial score (nSPS) is 14.5. The number of nitrogens with zero attached hydrogens (tertiary/aromatic N) is 6. The largest absolute Gasteiger partial charge is 0.287 e. The second kappa shape index (κ2) is 26.7. The molecule has 0 saturated heterocycles. The van der Waals surface area contributed by atoms with Gasteiger partial charge in [0, 0.05) is 39.7 Å². The molecular weight excluding hydrogens is 1080 g/mol. The first-order valence-electron chi connectivity index (χ1n) is 36.0. The van der Waals surface area contributed by atoms with Gasteiger partial charge in [-0.15, -0.1) is 0 Å². The molecule has 0 aliphatic heterocycles. The number of hydrogen-bond acceptors (Lipinski definition) is 2. The quantitative estimate of drug-likeness (QED) is 0.149. The molecule has 88 heavy (non-hydrogen) atoms. The minimum atomic E-state index is -2.45. The number of fused-ring (bicyclic) bond motifs is 4. The van der Waals surface area contributed by atoms with E-state index < -0.39 is 32.8 Å². The van der Waals surface area contributed by atoms with Gasteiger partial charge in [0.05, 0.1) is 46.8 Å². The Bertz CT molecular complexity index is 5150. The molecule has 1 unspecified atom stereocenters. The molecule has 0 saturated carbocycles. The van der Waals surface area contributed by atoms with E-state index in [-0.39, 0.29) is 11.7 Å². The van der Waals surface area contributed by atoms with Crippen LogP contribution in [-0.4, -0.2) is 9.97 Å². The standard InChI is InChI=1S/C23H28N.C22H26N.C18H18FN2.C18H19N2/c1-15(2)11-19-7-8-21-20(14-19)9-10-24(6)23(21)22-13-16(3)12-17(4)18(22)5;1-14(2)18-7-8-20-19(13-18)9-10-23(6)22(20)21-12-15(3)11-16(4)17(21)5;1-11-9-15(12(2)13(3)17(11)19)18-14-7-5-6-8-16(14)20-10-21(18)4;1-12-9-13(2)14(3)16(10-12)18-15-7-5-6-8-17(15)19-11-20(18)4/h7-10,12-15H,11H2,1-6H3;7-14H,1-6H3;5-10H,1-4H3;5-11H,1-4H3/q4*+1/i4D3,11D2;1D3,4D3,14D;;. The molecule has 4 aromatic heterocycles. The van der Waals surface area contributed by atoms with E-state index in [1.807, 2.05) is 201 Å². The van der Waals surface area contributed by atoms with Crippen LogP contribution >= 0.6 is 0 Å². The molecule has 8 aromatic carbocycles. The van der Waals surface area contributed by atoms with Crippen molar-refractivity contribution in [2.45, 2.75) is 123 Å². The maximum absolute atomic E-state index is 14.1. The zero-order valence-electron chi connectivity index (χ0n) is 66.2. The van der Waals surface area contributed by atoms with Crippen LogP contribution in [0.1, 0.15) is 128 Å². The Hall–Kier alpha value is -8.81. The number of aromatic nitrogens is 6. The first-order valence-corrected chi connectivity index (χ1v) is 30.0. The van der Waals surface area contributed by atoms with E-state index >= 15 is 0 Å². The van der Waals surface area contributed by atoms with Crippen molar-refractivity contribution in [3.05, 3.63) is 248 Å². The summed E-state index contributed by atoms with van der Waals surface area (Å²) in [5.74, 6) is -1.98. The van der Waals surface area contributed by atoms with Gasteiger partial charge in [-0.05, 0) is 244 Å². The molecule has 0 N–H and O–H groups in total. The molecule has 1 atom stereocenters. The highest BCUT2D eigenvalue weighted by Gasteiger charge is 2.23. The lowest BCUT2D eigenvalue weighted by atomic mass is 9.93. The van der Waals surface area contributed by atoms with Gasteiger partial charge in [-0.3, -0.25) is 0 Å². The molecule has 12 rings (SSSR count). The smallest absolute Gasteiger partial charge is 0.232 e. The predicted molar refractivity (Wildman–Crippen MR) is 367 cm³/mol. The van der Waals surface area contributed by atoms with Crippen LogP contribution in [0, 0.1) is 94.7 Å². The average Bonchev–Trinajstić information content (AvgIpc) is 0.765. The molecular formula is C81H91FN6+4. The van der Waals surface area contributed by atoms with Gasteiger partial charge in [-0.1, -0.05) is 111 Å². The van der Waals surface area contributed by atoms with Gasteiger partial charge in [0.1, 0.15) is 31.3 Å². The van der Waals surface area contributed by atoms with Crippen molar-refractivity contribution >= 4 is 43.4 Å². The van der Waals surface area contributed by atoms with Crippen LogP contribution in [0.5, 0.6) is 0 Å². The number of rotatable bonds is 7. The molecule has 0 aliphatic rings. The zero-order chi connectivity index (χ0) is 73.8. The zero-order valence-corrected chi connectivity index (χ0v) is 54.2. The predicted octanol–water partition coefficient (Wildman–Crippen LogP) is 18.3. The maximum atomic E-state index is 14.1. The van der Waals surface area contributed by atoms with Crippen LogP contribution < -0.4 is 18.3 Å². The summed E-state index contributed by atoms with van der Waals surface area (Å²) in [6.07, 6.45) is 6.11. The molecule has 0 amide bonds. The molecule has 0 bridgehead atoms. The van der Waals surface area contributed by atoms with Crippen LogP contribution in [0.2, 0.25) is 0 Å².